The molecule has 19 heteroatoms. The molecule has 4 unspecified atom stereocenters. The maximum atomic E-state index is 13.1. The molecule has 4 atom stereocenters. The quantitative estimate of drug-likeness (QED) is 0.0169. The van der Waals surface area contributed by atoms with Crippen LogP contribution in [0.25, 0.3) is 0 Å². The molecule has 0 saturated heterocycles. The Kier molecular flexibility index (Phi) is 68.6. The van der Waals surface area contributed by atoms with E-state index in [9.17, 15) is 43.2 Å². The van der Waals surface area contributed by atoms with Gasteiger partial charge in [-0.25, -0.2) is 9.13 Å². The Morgan fingerprint density at radius 1 is 0.290 bits per heavy atom. The number of carbonyl (C=O) groups is 4. The number of unbranched alkanes of at least 4 members (excludes halogenated alkanes) is 20. The van der Waals surface area contributed by atoms with Crippen molar-refractivity contribution in [3.63, 3.8) is 0 Å². The maximum absolute atomic E-state index is 13.1. The predicted molar refractivity (Wildman–Crippen MR) is 408 cm³/mol. The maximum Gasteiger partial charge on any atom is 0.472 e. The predicted octanol–water partition coefficient (Wildman–Crippen LogP) is 21.9. The van der Waals surface area contributed by atoms with Crippen LogP contribution < -0.4 is 0 Å². The fourth-order valence-electron chi connectivity index (χ4n) is 9.51. The highest BCUT2D eigenvalue weighted by Gasteiger charge is 2.30. The monoisotopic (exact) mass is 1440 g/mol. The largest absolute Gasteiger partial charge is 0.472 e. The molecule has 0 saturated carbocycles. The Morgan fingerprint density at radius 2 is 0.530 bits per heavy atom. The number of allylic oxidation sites excluding steroid dienone is 24. The lowest BCUT2D eigenvalue weighted by Gasteiger charge is -2.21. The molecular weight excluding hydrogens is 1310 g/mol. The first-order chi connectivity index (χ1) is 48.7. The van der Waals surface area contributed by atoms with Gasteiger partial charge in [-0.3, -0.25) is 37.3 Å². The second-order valence-corrected chi connectivity index (χ2v) is 27.7. The number of rotatable bonds is 70. The average Bonchev–Trinajstić information content (AvgIpc) is 0.943. The first-order valence-corrected chi connectivity index (χ1v) is 41.1. The standard InChI is InChI=1S/C81H134O17P2/c1-5-9-13-17-21-25-29-33-35-37-39-43-45-49-53-57-61-65-78(83)91-71-76(97-80(85)67-63-59-55-51-47-41-31-27-23-19-15-11-7-3)73-95-99(87,88)93-69-75(82)70-94-100(89,90)96-74-77(98-81(86)68-64-60-56-52-48-42-32-28-24-20-16-12-8-4)72-92-79(84)66-62-58-54-50-46-44-40-38-36-34-30-26-22-18-14-10-6-2/h9-10,13-14,21-22,25-28,31-36,39-40,43-44,49-50,53-54,75-77,82H,5-8,11-12,15-20,23-24,29-30,37-38,41-42,45-48,51-52,55-74H2,1-4H3,(H,87,88)(H,89,90)/b13-9-,14-10-,25-21-,26-22-,31-27-,32-28-,35-33-,36-34-,43-39-,44-40-,53-49-,54-50-. The topological polar surface area (TPSA) is 237 Å². The fraction of sp³-hybridized carbons (Fsp3) is 0.654. The summed E-state index contributed by atoms with van der Waals surface area (Å²) >= 11 is 0. The number of aliphatic hydroxyl groups excluding tert-OH is 1. The van der Waals surface area contributed by atoms with E-state index in [1.807, 2.05) is 24.3 Å². The van der Waals surface area contributed by atoms with Crippen LogP contribution in [0.5, 0.6) is 0 Å². The van der Waals surface area contributed by atoms with E-state index < -0.39 is 97.5 Å². The first kappa shape index (κ1) is 94.9. The van der Waals surface area contributed by atoms with E-state index in [0.29, 0.717) is 38.5 Å². The van der Waals surface area contributed by atoms with Gasteiger partial charge in [-0.15, -0.1) is 0 Å². The second kappa shape index (κ2) is 72.3. The summed E-state index contributed by atoms with van der Waals surface area (Å²) in [5.41, 5.74) is 0. The Labute approximate surface area is 605 Å². The van der Waals surface area contributed by atoms with Gasteiger partial charge < -0.3 is 33.8 Å². The normalized spacial score (nSPS) is 14.8. The zero-order valence-electron chi connectivity index (χ0n) is 62.1. The summed E-state index contributed by atoms with van der Waals surface area (Å²) in [5, 5.41) is 10.6. The van der Waals surface area contributed by atoms with E-state index in [2.05, 4.69) is 149 Å². The van der Waals surface area contributed by atoms with Crippen molar-refractivity contribution in [2.24, 2.45) is 0 Å². The number of hydrogen-bond donors (Lipinski definition) is 3. The Bertz CT molecular complexity index is 2300. The highest BCUT2D eigenvalue weighted by Crippen LogP contribution is 2.45. The molecule has 0 aliphatic heterocycles. The van der Waals surface area contributed by atoms with Crippen LogP contribution in [-0.2, 0) is 65.4 Å². The van der Waals surface area contributed by atoms with Gasteiger partial charge in [-0.05, 0) is 154 Å². The number of esters is 4. The third-order valence-corrected chi connectivity index (χ3v) is 17.2. The molecule has 0 aromatic heterocycles. The molecule has 0 heterocycles. The van der Waals surface area contributed by atoms with Gasteiger partial charge in [0.1, 0.15) is 19.3 Å². The van der Waals surface area contributed by atoms with Crippen molar-refractivity contribution in [1.29, 1.82) is 0 Å². The molecule has 0 fully saturated rings. The molecule has 17 nitrogen and oxygen atoms in total. The van der Waals surface area contributed by atoms with Gasteiger partial charge in [0.25, 0.3) is 0 Å². The minimum absolute atomic E-state index is 0.0676. The van der Waals surface area contributed by atoms with Crippen LogP contribution in [0.2, 0.25) is 0 Å². The minimum Gasteiger partial charge on any atom is -0.462 e. The van der Waals surface area contributed by atoms with E-state index >= 15 is 0 Å². The van der Waals surface area contributed by atoms with Crippen LogP contribution in [0, 0.1) is 0 Å². The van der Waals surface area contributed by atoms with Crippen molar-refractivity contribution in [3.8, 4) is 0 Å². The van der Waals surface area contributed by atoms with Gasteiger partial charge in [-0.1, -0.05) is 251 Å². The number of hydrogen-bond acceptors (Lipinski definition) is 15. The van der Waals surface area contributed by atoms with Crippen LogP contribution in [0.15, 0.2) is 146 Å². The first-order valence-electron chi connectivity index (χ1n) is 38.1. The van der Waals surface area contributed by atoms with Crippen LogP contribution >= 0.6 is 15.6 Å². The molecule has 0 aliphatic rings. The molecular formula is C81H134O17P2. The van der Waals surface area contributed by atoms with Gasteiger partial charge in [-0.2, -0.15) is 0 Å². The number of phosphoric ester groups is 2. The van der Waals surface area contributed by atoms with Gasteiger partial charge in [0.2, 0.25) is 0 Å². The van der Waals surface area contributed by atoms with Crippen LogP contribution in [-0.4, -0.2) is 96.7 Å². The van der Waals surface area contributed by atoms with E-state index in [1.165, 1.54) is 51.4 Å². The van der Waals surface area contributed by atoms with Crippen LogP contribution in [0.3, 0.4) is 0 Å². The summed E-state index contributed by atoms with van der Waals surface area (Å²) in [6, 6.07) is 0. The van der Waals surface area contributed by atoms with Crippen molar-refractivity contribution >= 4 is 39.5 Å². The molecule has 0 aliphatic carbocycles. The van der Waals surface area contributed by atoms with Gasteiger partial charge in [0.05, 0.1) is 26.4 Å². The van der Waals surface area contributed by atoms with Crippen molar-refractivity contribution < 1.29 is 80.2 Å². The molecule has 100 heavy (non-hydrogen) atoms. The molecule has 0 rings (SSSR count). The SMILES string of the molecule is CC/C=C\C/C=C\C/C=C\C/C=C\C/C=C\CCCC(=O)OCC(COP(=O)(O)OCC(O)COP(=O)(O)OCC(COC(=O)CCC/C=C\C/C=C\C/C=C\C/C=C\C/C=C\CC)OC(=O)CCCCCCC/C=C\CCCCCC)OC(=O)CCCCCCC/C=C\CCCCCC. The van der Waals surface area contributed by atoms with E-state index in [-0.39, 0.29) is 25.7 Å². The molecule has 3 N–H and O–H groups in total. The van der Waals surface area contributed by atoms with Crippen LogP contribution in [0.4, 0.5) is 0 Å². The van der Waals surface area contributed by atoms with Gasteiger partial charge in [0, 0.05) is 25.7 Å². The Balaban J connectivity index is 5.45. The van der Waals surface area contributed by atoms with E-state index in [4.69, 9.17) is 37.0 Å². The van der Waals surface area contributed by atoms with Crippen LogP contribution in [0.1, 0.15) is 285 Å². The highest BCUT2D eigenvalue weighted by atomic mass is 31.2. The summed E-state index contributed by atoms with van der Waals surface area (Å²) in [6.07, 6.45) is 81.4. The molecule has 0 spiro atoms. The van der Waals surface area contributed by atoms with Crippen molar-refractivity contribution in [2.75, 3.05) is 39.6 Å². The number of ether oxygens (including phenoxy) is 4. The lowest BCUT2D eigenvalue weighted by Crippen LogP contribution is -2.30. The summed E-state index contributed by atoms with van der Waals surface area (Å²) in [7, 11) is -9.99. The summed E-state index contributed by atoms with van der Waals surface area (Å²) in [5.74, 6) is -2.34. The molecule has 570 valence electrons. The van der Waals surface area contributed by atoms with Crippen molar-refractivity contribution in [1.82, 2.24) is 0 Å². The lowest BCUT2D eigenvalue weighted by molar-refractivity contribution is -0.161. The molecule has 0 radical (unpaired) electrons. The summed E-state index contributed by atoms with van der Waals surface area (Å²) < 4.78 is 68.3. The third kappa shape index (κ3) is 71.3. The smallest absolute Gasteiger partial charge is 0.462 e. The Morgan fingerprint density at radius 3 is 0.840 bits per heavy atom. The number of carbonyl (C=O) groups excluding carboxylic acids is 4. The lowest BCUT2D eigenvalue weighted by atomic mass is 10.1. The fourth-order valence-corrected chi connectivity index (χ4v) is 11.1. The molecule has 0 bridgehead atoms. The molecule has 0 amide bonds. The third-order valence-electron chi connectivity index (χ3n) is 15.3. The molecule has 0 aromatic rings. The number of aliphatic hydroxyl groups is 1. The van der Waals surface area contributed by atoms with E-state index in [0.717, 1.165) is 141 Å². The highest BCUT2D eigenvalue weighted by molar-refractivity contribution is 7.47. The molecule has 0 aromatic carbocycles. The van der Waals surface area contributed by atoms with E-state index in [1.54, 1.807) is 0 Å². The summed E-state index contributed by atoms with van der Waals surface area (Å²) in [4.78, 5) is 72.8. The second-order valence-electron chi connectivity index (χ2n) is 24.8. The average molecular weight is 1440 g/mol. The minimum atomic E-state index is -5.00. The zero-order valence-corrected chi connectivity index (χ0v) is 63.9. The van der Waals surface area contributed by atoms with Gasteiger partial charge in [0.15, 0.2) is 12.2 Å². The zero-order chi connectivity index (χ0) is 73.2. The summed E-state index contributed by atoms with van der Waals surface area (Å²) in [6.45, 7) is 4.45. The van der Waals surface area contributed by atoms with Crippen molar-refractivity contribution in [3.05, 3.63) is 146 Å². The van der Waals surface area contributed by atoms with Crippen molar-refractivity contribution in [2.45, 2.75) is 303 Å². The van der Waals surface area contributed by atoms with Gasteiger partial charge >= 0.3 is 39.5 Å². The number of phosphoric acid groups is 2. The Hall–Kier alpha value is -5.06.